The van der Waals surface area contributed by atoms with Crippen molar-refractivity contribution < 1.29 is 9.53 Å². The molecule has 0 saturated carbocycles. The third-order valence-electron chi connectivity index (χ3n) is 4.03. The summed E-state index contributed by atoms with van der Waals surface area (Å²) in [5, 5.41) is 2.88. The number of carbonyl (C=O) groups is 1. The monoisotopic (exact) mass is 354 g/mol. The normalized spacial score (nSPS) is 16.9. The summed E-state index contributed by atoms with van der Waals surface area (Å²) in [4.78, 5) is 24.2. The molecule has 1 aromatic carbocycles. The van der Waals surface area contributed by atoms with Crippen LogP contribution < -0.4 is 10.1 Å². The summed E-state index contributed by atoms with van der Waals surface area (Å²) < 4.78 is 5.84. The van der Waals surface area contributed by atoms with Gasteiger partial charge in [-0.15, -0.1) is 0 Å². The predicted octanol–water partition coefficient (Wildman–Crippen LogP) is 2.77. The van der Waals surface area contributed by atoms with Gasteiger partial charge in [0.2, 0.25) is 5.88 Å². The number of hydrogen-bond donors (Lipinski definition) is 2. The number of benzene rings is 1. The van der Waals surface area contributed by atoms with Gasteiger partial charge in [0.1, 0.15) is 11.9 Å². The van der Waals surface area contributed by atoms with Crippen LogP contribution in [0.25, 0.3) is 11.0 Å². The topological polar surface area (TPSA) is 79.9 Å². The number of carbonyl (C=O) groups excluding carboxylic acids is 1. The van der Waals surface area contributed by atoms with Gasteiger partial charge >= 0.3 is 0 Å². The lowest BCUT2D eigenvalue weighted by atomic mass is 10.2. The largest absolute Gasteiger partial charge is 0.473 e. The minimum Gasteiger partial charge on any atom is -0.473 e. The van der Waals surface area contributed by atoms with Crippen LogP contribution in [-0.4, -0.2) is 38.5 Å². The van der Waals surface area contributed by atoms with E-state index in [-0.39, 0.29) is 12.0 Å². The van der Waals surface area contributed by atoms with E-state index in [0.29, 0.717) is 18.0 Å². The Morgan fingerprint density at radius 3 is 3.12 bits per heavy atom. The number of aromatic amines is 1. The summed E-state index contributed by atoms with van der Waals surface area (Å²) >= 11 is 1.88. The number of fused-ring (bicyclic) bond motifs is 1. The van der Waals surface area contributed by atoms with Crippen LogP contribution in [0.15, 0.2) is 42.6 Å². The molecular formula is C18H18N4O2S. The molecule has 128 valence electrons. The van der Waals surface area contributed by atoms with Crippen LogP contribution in [0.5, 0.6) is 5.88 Å². The summed E-state index contributed by atoms with van der Waals surface area (Å²) in [5.41, 5.74) is 2.38. The number of ether oxygens (including phenoxy) is 1. The standard InChI is InChI=1S/C18H18N4O2S/c23-18(20-10-16-21-14-3-1-2-4-15(14)22-16)12-5-7-19-17(9-12)24-13-6-8-25-11-13/h1-5,7,9,13H,6,8,10-11H2,(H,20,23)(H,21,22)/t13-/m0/s1. The van der Waals surface area contributed by atoms with Crippen molar-refractivity contribution in [3.05, 3.63) is 54.0 Å². The molecule has 0 aliphatic carbocycles. The number of para-hydroxylation sites is 2. The smallest absolute Gasteiger partial charge is 0.251 e. The number of pyridine rings is 1. The number of amides is 1. The van der Waals surface area contributed by atoms with E-state index in [4.69, 9.17) is 4.74 Å². The molecule has 3 aromatic rings. The molecule has 1 fully saturated rings. The molecule has 2 aromatic heterocycles. The lowest BCUT2D eigenvalue weighted by Gasteiger charge is -2.12. The molecule has 2 N–H and O–H groups in total. The van der Waals surface area contributed by atoms with Crippen LogP contribution in [0.4, 0.5) is 0 Å². The number of thioether (sulfide) groups is 1. The zero-order valence-electron chi connectivity index (χ0n) is 13.6. The molecule has 6 nitrogen and oxygen atoms in total. The Labute approximate surface area is 149 Å². The van der Waals surface area contributed by atoms with Gasteiger partial charge in [-0.2, -0.15) is 11.8 Å². The van der Waals surface area contributed by atoms with Gasteiger partial charge in [0.05, 0.1) is 17.6 Å². The number of nitrogens with zero attached hydrogens (tertiary/aromatic N) is 2. The van der Waals surface area contributed by atoms with Crippen LogP contribution in [0.3, 0.4) is 0 Å². The Balaban J connectivity index is 1.40. The zero-order valence-corrected chi connectivity index (χ0v) is 14.4. The minimum atomic E-state index is -0.173. The van der Waals surface area contributed by atoms with E-state index in [0.717, 1.165) is 34.8 Å². The molecule has 1 amide bonds. The number of aromatic nitrogens is 3. The van der Waals surface area contributed by atoms with Crippen molar-refractivity contribution in [2.75, 3.05) is 11.5 Å². The Hall–Kier alpha value is -2.54. The molecule has 3 heterocycles. The molecule has 0 radical (unpaired) electrons. The fourth-order valence-electron chi connectivity index (χ4n) is 2.75. The van der Waals surface area contributed by atoms with E-state index in [9.17, 15) is 4.79 Å². The highest BCUT2D eigenvalue weighted by molar-refractivity contribution is 7.99. The molecule has 7 heteroatoms. The Bertz CT molecular complexity index is 856. The molecule has 25 heavy (non-hydrogen) atoms. The third kappa shape index (κ3) is 3.76. The highest BCUT2D eigenvalue weighted by atomic mass is 32.2. The van der Waals surface area contributed by atoms with Gasteiger partial charge in [0, 0.05) is 23.6 Å². The number of H-pyrrole nitrogens is 1. The van der Waals surface area contributed by atoms with Crippen LogP contribution in [0, 0.1) is 0 Å². The molecule has 1 saturated heterocycles. The first-order chi connectivity index (χ1) is 12.3. The Morgan fingerprint density at radius 1 is 1.36 bits per heavy atom. The highest BCUT2D eigenvalue weighted by Gasteiger charge is 2.18. The molecule has 4 rings (SSSR count). The molecule has 0 spiro atoms. The average molecular weight is 354 g/mol. The van der Waals surface area contributed by atoms with Crippen LogP contribution in [0.2, 0.25) is 0 Å². The number of nitrogens with one attached hydrogen (secondary N) is 2. The summed E-state index contributed by atoms with van der Waals surface area (Å²) in [6, 6.07) is 11.2. The first kappa shape index (κ1) is 16.0. The maximum absolute atomic E-state index is 12.4. The maximum Gasteiger partial charge on any atom is 0.251 e. The van der Waals surface area contributed by atoms with Crippen molar-refractivity contribution >= 4 is 28.7 Å². The van der Waals surface area contributed by atoms with Gasteiger partial charge in [0.15, 0.2) is 0 Å². The van der Waals surface area contributed by atoms with Gasteiger partial charge in [-0.3, -0.25) is 4.79 Å². The molecule has 1 aliphatic heterocycles. The van der Waals surface area contributed by atoms with E-state index in [1.165, 1.54) is 0 Å². The Morgan fingerprint density at radius 2 is 2.28 bits per heavy atom. The van der Waals surface area contributed by atoms with Crippen molar-refractivity contribution in [1.29, 1.82) is 0 Å². The van der Waals surface area contributed by atoms with Crippen molar-refractivity contribution in [1.82, 2.24) is 20.3 Å². The Kier molecular flexibility index (Phi) is 4.56. The molecule has 1 aliphatic rings. The third-order valence-corrected chi connectivity index (χ3v) is 5.16. The number of imidazole rings is 1. The summed E-state index contributed by atoms with van der Waals surface area (Å²) in [5.74, 6) is 3.15. The number of rotatable bonds is 5. The van der Waals surface area contributed by atoms with E-state index in [1.54, 1.807) is 18.3 Å². The van der Waals surface area contributed by atoms with Crippen LogP contribution in [0.1, 0.15) is 22.6 Å². The van der Waals surface area contributed by atoms with Gasteiger partial charge in [-0.1, -0.05) is 12.1 Å². The summed E-state index contributed by atoms with van der Waals surface area (Å²) in [6.07, 6.45) is 2.81. The minimum absolute atomic E-state index is 0.173. The number of hydrogen-bond acceptors (Lipinski definition) is 5. The molecule has 1 atom stereocenters. The second-order valence-electron chi connectivity index (χ2n) is 5.87. The van der Waals surface area contributed by atoms with E-state index in [1.807, 2.05) is 36.0 Å². The van der Waals surface area contributed by atoms with Crippen molar-refractivity contribution in [3.63, 3.8) is 0 Å². The lowest BCUT2D eigenvalue weighted by Crippen LogP contribution is -2.23. The van der Waals surface area contributed by atoms with Crippen LogP contribution >= 0.6 is 11.8 Å². The molecular weight excluding hydrogens is 336 g/mol. The highest BCUT2D eigenvalue weighted by Crippen LogP contribution is 2.22. The quantitative estimate of drug-likeness (QED) is 0.736. The fourth-order valence-corrected chi connectivity index (χ4v) is 3.84. The maximum atomic E-state index is 12.4. The van der Waals surface area contributed by atoms with Crippen molar-refractivity contribution in [2.24, 2.45) is 0 Å². The summed E-state index contributed by atoms with van der Waals surface area (Å²) in [6.45, 7) is 0.339. The summed E-state index contributed by atoms with van der Waals surface area (Å²) in [7, 11) is 0. The SMILES string of the molecule is O=C(NCc1nc2ccccc2[nH]1)c1ccnc(O[C@H]2CCSC2)c1. The lowest BCUT2D eigenvalue weighted by molar-refractivity contribution is 0.0949. The molecule has 0 bridgehead atoms. The van der Waals surface area contributed by atoms with Crippen LogP contribution in [-0.2, 0) is 6.54 Å². The first-order valence-corrected chi connectivity index (χ1v) is 9.36. The average Bonchev–Trinajstić information content (AvgIpc) is 3.29. The first-order valence-electron chi connectivity index (χ1n) is 8.20. The van der Waals surface area contributed by atoms with E-state index < -0.39 is 0 Å². The van der Waals surface area contributed by atoms with Gasteiger partial charge < -0.3 is 15.0 Å². The second kappa shape index (κ2) is 7.14. The van der Waals surface area contributed by atoms with Crippen molar-refractivity contribution in [3.8, 4) is 5.88 Å². The van der Waals surface area contributed by atoms with E-state index in [2.05, 4.69) is 20.3 Å². The zero-order chi connectivity index (χ0) is 17.1. The predicted molar refractivity (Wildman–Crippen MR) is 97.9 cm³/mol. The molecule has 0 unspecified atom stereocenters. The van der Waals surface area contributed by atoms with Gasteiger partial charge in [-0.25, -0.2) is 9.97 Å². The van der Waals surface area contributed by atoms with E-state index >= 15 is 0 Å². The fraction of sp³-hybridized carbons (Fsp3) is 0.278. The van der Waals surface area contributed by atoms with Gasteiger partial charge in [-0.05, 0) is 30.4 Å². The second-order valence-corrected chi connectivity index (χ2v) is 7.02. The van der Waals surface area contributed by atoms with Crippen molar-refractivity contribution in [2.45, 2.75) is 19.1 Å². The van der Waals surface area contributed by atoms with Gasteiger partial charge in [0.25, 0.3) is 5.91 Å².